The topological polar surface area (TPSA) is 39.5 Å². The van der Waals surface area contributed by atoms with Gasteiger partial charge in [-0.25, -0.2) is 0 Å². The molecule has 4 nitrogen and oxygen atoms in total. The molecule has 1 unspecified atom stereocenters. The molecule has 1 atom stereocenters. The maximum Gasteiger partial charge on any atom is 0.122 e. The van der Waals surface area contributed by atoms with Crippen LogP contribution in [0.15, 0.2) is 24.3 Å². The summed E-state index contributed by atoms with van der Waals surface area (Å²) in [7, 11) is 0. The van der Waals surface area contributed by atoms with Crippen LogP contribution in [0.25, 0.3) is 0 Å². The van der Waals surface area contributed by atoms with Crippen molar-refractivity contribution in [3.8, 4) is 11.8 Å². The number of rotatable bonds is 3. The third-order valence-corrected chi connectivity index (χ3v) is 4.04. The Balaban J connectivity index is 1.55. The zero-order valence-corrected chi connectivity index (χ0v) is 11.1. The lowest BCUT2D eigenvalue weighted by Crippen LogP contribution is -2.47. The monoisotopic (exact) mass is 257 g/mol. The highest BCUT2D eigenvalue weighted by Gasteiger charge is 2.27. The van der Waals surface area contributed by atoms with E-state index in [1.807, 2.05) is 6.07 Å². The highest BCUT2D eigenvalue weighted by atomic mass is 16.5. The fraction of sp³-hybridized carbons (Fsp3) is 0.533. The molecule has 1 aromatic carbocycles. The molecule has 2 aliphatic rings. The first-order valence-corrected chi connectivity index (χ1v) is 6.90. The van der Waals surface area contributed by atoms with E-state index in [2.05, 4.69) is 34.1 Å². The highest BCUT2D eigenvalue weighted by Crippen LogP contribution is 2.33. The number of piperazine rings is 1. The first-order valence-electron chi connectivity index (χ1n) is 6.90. The lowest BCUT2D eigenvalue weighted by Gasteiger charge is -2.34. The van der Waals surface area contributed by atoms with Gasteiger partial charge in [0.2, 0.25) is 0 Å². The molecule has 0 N–H and O–H groups in total. The third-order valence-electron chi connectivity index (χ3n) is 4.04. The molecule has 2 aliphatic heterocycles. The molecule has 2 heterocycles. The summed E-state index contributed by atoms with van der Waals surface area (Å²) in [6.45, 7) is 6.55. The minimum Gasteiger partial charge on any atom is -0.493 e. The van der Waals surface area contributed by atoms with Crippen molar-refractivity contribution in [3.05, 3.63) is 29.8 Å². The molecule has 0 amide bonds. The number of hydrogen-bond donors (Lipinski definition) is 0. The minimum absolute atomic E-state index is 0.499. The lowest BCUT2D eigenvalue weighted by atomic mass is 10.0. The maximum atomic E-state index is 8.70. The molecule has 0 aliphatic carbocycles. The summed E-state index contributed by atoms with van der Waals surface area (Å²) in [5.41, 5.74) is 1.35. The van der Waals surface area contributed by atoms with Crippen LogP contribution >= 0.6 is 0 Å². The van der Waals surface area contributed by atoms with E-state index in [0.29, 0.717) is 12.5 Å². The molecule has 0 aromatic heterocycles. The minimum atomic E-state index is 0.499. The van der Waals surface area contributed by atoms with Gasteiger partial charge in [0.1, 0.15) is 5.75 Å². The summed E-state index contributed by atoms with van der Waals surface area (Å²) in [4.78, 5) is 4.71. The lowest BCUT2D eigenvalue weighted by molar-refractivity contribution is 0.133. The van der Waals surface area contributed by atoms with E-state index in [4.69, 9.17) is 10.00 Å². The quantitative estimate of drug-likeness (QED) is 0.765. The summed E-state index contributed by atoms with van der Waals surface area (Å²) in [6, 6.07) is 10.6. The number of benzene rings is 1. The average Bonchev–Trinajstić information content (AvgIpc) is 2.85. The molecule has 1 aromatic rings. The molecule has 3 rings (SSSR count). The normalized spacial score (nSPS) is 23.6. The van der Waals surface area contributed by atoms with E-state index in [-0.39, 0.29) is 0 Å². The third kappa shape index (κ3) is 2.73. The van der Waals surface area contributed by atoms with Gasteiger partial charge >= 0.3 is 0 Å². The van der Waals surface area contributed by atoms with Gasteiger partial charge in [-0.1, -0.05) is 18.2 Å². The first kappa shape index (κ1) is 12.5. The van der Waals surface area contributed by atoms with Crippen LogP contribution < -0.4 is 4.74 Å². The second kappa shape index (κ2) is 5.60. The molecule has 19 heavy (non-hydrogen) atoms. The molecule has 1 saturated heterocycles. The van der Waals surface area contributed by atoms with Gasteiger partial charge < -0.3 is 9.64 Å². The van der Waals surface area contributed by atoms with Crippen molar-refractivity contribution in [1.82, 2.24) is 9.80 Å². The van der Waals surface area contributed by atoms with Gasteiger partial charge in [0.15, 0.2) is 0 Å². The predicted molar refractivity (Wildman–Crippen MR) is 73.2 cm³/mol. The average molecular weight is 257 g/mol. The Hall–Kier alpha value is -1.57. The van der Waals surface area contributed by atoms with Gasteiger partial charge in [0.05, 0.1) is 19.2 Å². The Morgan fingerprint density at radius 1 is 1.16 bits per heavy atom. The maximum absolute atomic E-state index is 8.70. The summed E-state index contributed by atoms with van der Waals surface area (Å²) in [6.07, 6.45) is 0. The van der Waals surface area contributed by atoms with Crippen molar-refractivity contribution in [1.29, 1.82) is 5.26 Å². The largest absolute Gasteiger partial charge is 0.493 e. The van der Waals surface area contributed by atoms with E-state index in [9.17, 15) is 0 Å². The summed E-state index contributed by atoms with van der Waals surface area (Å²) < 4.78 is 5.73. The standard InChI is InChI=1S/C15H19N3O/c16-5-6-17-7-9-18(10-8-17)11-13-12-19-15-4-2-1-3-14(13)15/h1-4,13H,6-12H2. The van der Waals surface area contributed by atoms with Gasteiger partial charge in [-0.15, -0.1) is 0 Å². The van der Waals surface area contributed by atoms with Crippen molar-refractivity contribution < 1.29 is 4.74 Å². The number of para-hydroxylation sites is 1. The second-order valence-electron chi connectivity index (χ2n) is 5.28. The molecular formula is C15H19N3O. The molecule has 100 valence electrons. The summed E-state index contributed by atoms with van der Waals surface area (Å²) in [5, 5.41) is 8.70. The zero-order valence-electron chi connectivity index (χ0n) is 11.1. The van der Waals surface area contributed by atoms with E-state index >= 15 is 0 Å². The Morgan fingerprint density at radius 3 is 2.68 bits per heavy atom. The number of ether oxygens (including phenoxy) is 1. The predicted octanol–water partition coefficient (Wildman–Crippen LogP) is 1.30. The molecule has 1 fully saturated rings. The van der Waals surface area contributed by atoms with Crippen molar-refractivity contribution in [3.63, 3.8) is 0 Å². The Morgan fingerprint density at radius 2 is 1.89 bits per heavy atom. The van der Waals surface area contributed by atoms with Gasteiger partial charge in [-0.2, -0.15) is 5.26 Å². The molecule has 0 radical (unpaired) electrons. The fourth-order valence-corrected chi connectivity index (χ4v) is 2.92. The van der Waals surface area contributed by atoms with Crippen LogP contribution in [-0.4, -0.2) is 55.7 Å². The summed E-state index contributed by atoms with van der Waals surface area (Å²) >= 11 is 0. The molecule has 0 bridgehead atoms. The SMILES string of the molecule is N#CCN1CCN(CC2COc3ccccc32)CC1. The van der Waals surface area contributed by atoms with Crippen molar-refractivity contribution in [2.24, 2.45) is 0 Å². The van der Waals surface area contributed by atoms with Crippen LogP contribution in [0.5, 0.6) is 5.75 Å². The first-order chi connectivity index (χ1) is 9.36. The molecule has 4 heteroatoms. The van der Waals surface area contributed by atoms with Gasteiger partial charge in [-0.05, 0) is 6.07 Å². The van der Waals surface area contributed by atoms with Crippen LogP contribution in [0.3, 0.4) is 0 Å². The van der Waals surface area contributed by atoms with Gasteiger partial charge in [0, 0.05) is 44.2 Å². The fourth-order valence-electron chi connectivity index (χ4n) is 2.92. The van der Waals surface area contributed by atoms with Crippen LogP contribution in [0.1, 0.15) is 11.5 Å². The van der Waals surface area contributed by atoms with Crippen LogP contribution in [0, 0.1) is 11.3 Å². The van der Waals surface area contributed by atoms with Crippen molar-refractivity contribution in [2.75, 3.05) is 45.9 Å². The zero-order chi connectivity index (χ0) is 13.1. The van der Waals surface area contributed by atoms with Crippen molar-refractivity contribution in [2.45, 2.75) is 5.92 Å². The second-order valence-corrected chi connectivity index (χ2v) is 5.28. The summed E-state index contributed by atoms with van der Waals surface area (Å²) in [5.74, 6) is 1.55. The van der Waals surface area contributed by atoms with Crippen LogP contribution in [0.4, 0.5) is 0 Å². The Labute approximate surface area is 114 Å². The molecule has 0 saturated carbocycles. The van der Waals surface area contributed by atoms with Gasteiger partial charge in [0.25, 0.3) is 0 Å². The van der Waals surface area contributed by atoms with E-state index in [1.54, 1.807) is 0 Å². The highest BCUT2D eigenvalue weighted by molar-refractivity contribution is 5.39. The number of nitriles is 1. The van der Waals surface area contributed by atoms with E-state index in [1.165, 1.54) is 5.56 Å². The number of nitrogens with zero attached hydrogens (tertiary/aromatic N) is 3. The Bertz CT molecular complexity index is 475. The van der Waals surface area contributed by atoms with E-state index < -0.39 is 0 Å². The number of fused-ring (bicyclic) bond motifs is 1. The number of hydrogen-bond acceptors (Lipinski definition) is 4. The van der Waals surface area contributed by atoms with Crippen LogP contribution in [0.2, 0.25) is 0 Å². The Kier molecular flexibility index (Phi) is 3.67. The van der Waals surface area contributed by atoms with Crippen LogP contribution in [-0.2, 0) is 0 Å². The molecule has 0 spiro atoms. The van der Waals surface area contributed by atoms with Gasteiger partial charge in [-0.3, -0.25) is 4.90 Å². The van der Waals surface area contributed by atoms with Crippen molar-refractivity contribution >= 4 is 0 Å². The van der Waals surface area contributed by atoms with E-state index in [0.717, 1.165) is 45.1 Å². The smallest absolute Gasteiger partial charge is 0.122 e. The molecular weight excluding hydrogens is 238 g/mol.